The third kappa shape index (κ3) is 1.48. The van der Waals surface area contributed by atoms with Gasteiger partial charge in [-0.2, -0.15) is 0 Å². The molecule has 0 bridgehead atoms. The molecule has 0 spiro atoms. The molecule has 0 fully saturated rings. The molecule has 0 atom stereocenters. The molecule has 0 N–H and O–H groups in total. The number of carbonyl (C=O) groups excluding carboxylic acids is 1. The number of rotatable bonds is 2. The zero-order chi connectivity index (χ0) is 11.0. The summed E-state index contributed by atoms with van der Waals surface area (Å²) in [6.07, 6.45) is 0. The van der Waals surface area contributed by atoms with Crippen molar-refractivity contribution >= 4 is 5.97 Å². The summed E-state index contributed by atoms with van der Waals surface area (Å²) < 4.78 is 10.6. The Kier molecular flexibility index (Phi) is 2.39. The topological polar surface area (TPSA) is 35.5 Å². The monoisotopic (exact) mass is 206 g/mol. The molecule has 3 heteroatoms. The molecule has 0 saturated heterocycles. The summed E-state index contributed by atoms with van der Waals surface area (Å²) in [7, 11) is 0. The predicted octanol–water partition coefficient (Wildman–Crippen LogP) is 2.37. The summed E-state index contributed by atoms with van der Waals surface area (Å²) in [5, 5.41) is 0. The van der Waals surface area contributed by atoms with Crippen LogP contribution in [-0.4, -0.2) is 12.6 Å². The highest BCUT2D eigenvalue weighted by molar-refractivity contribution is 5.94. The molecule has 0 aromatic heterocycles. The second-order valence-electron chi connectivity index (χ2n) is 3.68. The van der Waals surface area contributed by atoms with Crippen molar-refractivity contribution in [1.29, 1.82) is 0 Å². The molecule has 15 heavy (non-hydrogen) atoms. The van der Waals surface area contributed by atoms with Crippen LogP contribution in [0.1, 0.15) is 34.0 Å². The minimum absolute atomic E-state index is 0.223. The molecule has 1 aromatic carbocycles. The molecule has 1 aliphatic rings. The number of hydrogen-bond acceptors (Lipinski definition) is 3. The fraction of sp³-hybridized carbons (Fsp3) is 0.417. The minimum Gasteiger partial charge on any atom is -0.493 e. The van der Waals surface area contributed by atoms with E-state index in [0.717, 1.165) is 22.4 Å². The standard InChI is InChI=1S/C12H14O3/c1-4-14-11-7(2)5-9-10(8(11)3)6-15-12(9)13/h5H,4,6H2,1-3H3. The number of fused-ring (bicyclic) bond motifs is 1. The normalized spacial score (nSPS) is 13.7. The number of ether oxygens (including phenoxy) is 2. The van der Waals surface area contributed by atoms with Gasteiger partial charge in [-0.05, 0) is 38.0 Å². The van der Waals surface area contributed by atoms with Gasteiger partial charge in [0.25, 0.3) is 0 Å². The zero-order valence-electron chi connectivity index (χ0n) is 9.22. The lowest BCUT2D eigenvalue weighted by atomic mass is 9.99. The molecule has 1 aromatic rings. The fourth-order valence-electron chi connectivity index (χ4n) is 1.95. The fourth-order valence-corrected chi connectivity index (χ4v) is 1.95. The van der Waals surface area contributed by atoms with Crippen LogP contribution >= 0.6 is 0 Å². The maximum Gasteiger partial charge on any atom is 0.338 e. The van der Waals surface area contributed by atoms with Crippen molar-refractivity contribution in [1.82, 2.24) is 0 Å². The van der Waals surface area contributed by atoms with Gasteiger partial charge in [0.2, 0.25) is 0 Å². The van der Waals surface area contributed by atoms with E-state index in [4.69, 9.17) is 9.47 Å². The van der Waals surface area contributed by atoms with Crippen molar-refractivity contribution in [3.63, 3.8) is 0 Å². The summed E-state index contributed by atoms with van der Waals surface area (Å²) in [6.45, 7) is 6.88. The Morgan fingerprint density at radius 1 is 1.47 bits per heavy atom. The van der Waals surface area contributed by atoms with E-state index in [1.165, 1.54) is 0 Å². The van der Waals surface area contributed by atoms with Crippen LogP contribution in [0.4, 0.5) is 0 Å². The molecule has 1 heterocycles. The van der Waals surface area contributed by atoms with E-state index in [1.807, 2.05) is 26.8 Å². The van der Waals surface area contributed by atoms with Gasteiger partial charge in [0.15, 0.2) is 0 Å². The molecular formula is C12H14O3. The van der Waals surface area contributed by atoms with Gasteiger partial charge < -0.3 is 9.47 Å². The van der Waals surface area contributed by atoms with Gasteiger partial charge in [-0.25, -0.2) is 4.79 Å². The summed E-state index contributed by atoms with van der Waals surface area (Å²) in [4.78, 5) is 11.4. The molecule has 3 nitrogen and oxygen atoms in total. The first-order valence-electron chi connectivity index (χ1n) is 5.08. The smallest absolute Gasteiger partial charge is 0.338 e. The van der Waals surface area contributed by atoms with E-state index in [9.17, 15) is 4.79 Å². The van der Waals surface area contributed by atoms with Crippen molar-refractivity contribution in [2.75, 3.05) is 6.61 Å². The van der Waals surface area contributed by atoms with E-state index >= 15 is 0 Å². The van der Waals surface area contributed by atoms with Crippen LogP contribution in [-0.2, 0) is 11.3 Å². The van der Waals surface area contributed by atoms with Gasteiger partial charge >= 0.3 is 5.97 Å². The van der Waals surface area contributed by atoms with Crippen LogP contribution in [0.3, 0.4) is 0 Å². The molecule has 0 amide bonds. The Morgan fingerprint density at radius 3 is 2.87 bits per heavy atom. The van der Waals surface area contributed by atoms with Gasteiger partial charge in [-0.3, -0.25) is 0 Å². The molecule has 0 unspecified atom stereocenters. The molecule has 0 radical (unpaired) electrons. The van der Waals surface area contributed by atoms with Crippen molar-refractivity contribution in [2.24, 2.45) is 0 Å². The molecule has 1 aliphatic heterocycles. The number of esters is 1. The van der Waals surface area contributed by atoms with E-state index in [-0.39, 0.29) is 5.97 Å². The number of cyclic esters (lactones) is 1. The van der Waals surface area contributed by atoms with E-state index in [0.29, 0.717) is 18.8 Å². The van der Waals surface area contributed by atoms with Gasteiger partial charge in [0, 0.05) is 5.56 Å². The number of benzene rings is 1. The van der Waals surface area contributed by atoms with E-state index in [2.05, 4.69) is 0 Å². The third-order valence-electron chi connectivity index (χ3n) is 2.69. The Hall–Kier alpha value is -1.51. The van der Waals surface area contributed by atoms with E-state index in [1.54, 1.807) is 0 Å². The van der Waals surface area contributed by atoms with Crippen LogP contribution in [0.25, 0.3) is 0 Å². The maximum atomic E-state index is 11.4. The molecular weight excluding hydrogens is 192 g/mol. The first-order chi connectivity index (χ1) is 7.15. The Balaban J connectivity index is 2.58. The van der Waals surface area contributed by atoms with Gasteiger partial charge in [0.1, 0.15) is 12.4 Å². The lowest BCUT2D eigenvalue weighted by Gasteiger charge is -2.12. The second-order valence-corrected chi connectivity index (χ2v) is 3.68. The van der Waals surface area contributed by atoms with E-state index < -0.39 is 0 Å². The highest BCUT2D eigenvalue weighted by Crippen LogP contribution is 2.33. The number of hydrogen-bond donors (Lipinski definition) is 0. The average Bonchev–Trinajstić information content (AvgIpc) is 2.55. The van der Waals surface area contributed by atoms with Gasteiger partial charge in [-0.1, -0.05) is 0 Å². The first kappa shape index (κ1) is 10.0. The Bertz CT molecular complexity index is 421. The van der Waals surface area contributed by atoms with Crippen molar-refractivity contribution in [3.05, 3.63) is 28.3 Å². The summed E-state index contributed by atoms with van der Waals surface area (Å²) in [5.74, 6) is 0.661. The molecule has 2 rings (SSSR count). The van der Waals surface area contributed by atoms with Crippen LogP contribution < -0.4 is 4.74 Å². The summed E-state index contributed by atoms with van der Waals surface area (Å²) in [6, 6.07) is 1.85. The minimum atomic E-state index is -0.223. The predicted molar refractivity (Wildman–Crippen MR) is 56.2 cm³/mol. The highest BCUT2D eigenvalue weighted by atomic mass is 16.5. The SMILES string of the molecule is CCOc1c(C)cc2c(c1C)COC2=O. The van der Waals surface area contributed by atoms with Crippen LogP contribution in [0, 0.1) is 13.8 Å². The van der Waals surface area contributed by atoms with Crippen molar-refractivity contribution in [3.8, 4) is 5.75 Å². The second kappa shape index (κ2) is 3.57. The lowest BCUT2D eigenvalue weighted by Crippen LogP contribution is -2.01. The van der Waals surface area contributed by atoms with Gasteiger partial charge in [0.05, 0.1) is 12.2 Å². The lowest BCUT2D eigenvalue weighted by molar-refractivity contribution is 0.0535. The van der Waals surface area contributed by atoms with Crippen LogP contribution in [0.15, 0.2) is 6.07 Å². The Labute approximate surface area is 89.0 Å². The number of aryl methyl sites for hydroxylation is 1. The number of carbonyl (C=O) groups is 1. The highest BCUT2D eigenvalue weighted by Gasteiger charge is 2.25. The van der Waals surface area contributed by atoms with Crippen LogP contribution in [0.2, 0.25) is 0 Å². The third-order valence-corrected chi connectivity index (χ3v) is 2.69. The average molecular weight is 206 g/mol. The first-order valence-corrected chi connectivity index (χ1v) is 5.08. The zero-order valence-corrected chi connectivity index (χ0v) is 9.22. The van der Waals surface area contributed by atoms with Crippen molar-refractivity contribution in [2.45, 2.75) is 27.4 Å². The molecule has 80 valence electrons. The quantitative estimate of drug-likeness (QED) is 0.697. The summed E-state index contributed by atoms with van der Waals surface area (Å²) in [5.41, 5.74) is 3.67. The van der Waals surface area contributed by atoms with Gasteiger partial charge in [-0.15, -0.1) is 0 Å². The molecule has 0 aliphatic carbocycles. The summed E-state index contributed by atoms with van der Waals surface area (Å²) >= 11 is 0. The van der Waals surface area contributed by atoms with Crippen molar-refractivity contribution < 1.29 is 14.3 Å². The largest absolute Gasteiger partial charge is 0.493 e. The Morgan fingerprint density at radius 2 is 2.20 bits per heavy atom. The maximum absolute atomic E-state index is 11.4. The van der Waals surface area contributed by atoms with Crippen LogP contribution in [0.5, 0.6) is 5.75 Å². The molecule has 0 saturated carbocycles.